The first kappa shape index (κ1) is 19.0. The SMILES string of the molecule is CC[Si](C)(C)OS(=O)(=O)CCS(=O)(=O)O.[H-].[Li+]. The van der Waals surface area contributed by atoms with Crippen LogP contribution in [0.25, 0.3) is 0 Å². The molecule has 16 heavy (non-hydrogen) atoms. The second kappa shape index (κ2) is 6.54. The molecule has 0 unspecified atom stereocenters. The van der Waals surface area contributed by atoms with Gasteiger partial charge in [0.15, 0.2) is 0 Å². The van der Waals surface area contributed by atoms with E-state index in [4.69, 9.17) is 8.42 Å². The molecule has 0 aromatic heterocycles. The Balaban J connectivity index is -0.000000980. The van der Waals surface area contributed by atoms with Gasteiger partial charge in [-0.15, -0.1) is 0 Å². The molecule has 0 aromatic carbocycles. The average Bonchev–Trinajstić information content (AvgIpc) is 1.98. The van der Waals surface area contributed by atoms with Crippen LogP contribution in [0, 0.1) is 0 Å². The molecule has 0 aliphatic rings. The van der Waals surface area contributed by atoms with Crippen LogP contribution in [-0.2, 0) is 24.1 Å². The topological polar surface area (TPSA) is 97.7 Å². The summed E-state index contributed by atoms with van der Waals surface area (Å²) in [4.78, 5) is 0. The van der Waals surface area contributed by atoms with Gasteiger partial charge in [-0.2, -0.15) is 8.42 Å². The fourth-order valence-electron chi connectivity index (χ4n) is 0.652. The molecule has 0 aliphatic heterocycles. The van der Waals surface area contributed by atoms with Gasteiger partial charge in [0.1, 0.15) is 0 Å². The van der Waals surface area contributed by atoms with Crippen LogP contribution in [0.3, 0.4) is 0 Å². The van der Waals surface area contributed by atoms with Gasteiger partial charge in [-0.3, -0.25) is 4.55 Å². The first-order valence-electron chi connectivity index (χ1n) is 4.36. The molecular formula is C6H17LiO6S2Si. The third-order valence-corrected chi connectivity index (χ3v) is 8.00. The molecule has 0 rings (SSSR count). The van der Waals surface area contributed by atoms with Gasteiger partial charge >= 0.3 is 18.9 Å². The Kier molecular flexibility index (Phi) is 7.76. The molecule has 10 heteroatoms. The zero-order valence-corrected chi connectivity index (χ0v) is 12.6. The van der Waals surface area contributed by atoms with E-state index in [1.165, 1.54) is 0 Å². The van der Waals surface area contributed by atoms with Gasteiger partial charge in [0.25, 0.3) is 20.2 Å². The fourth-order valence-corrected chi connectivity index (χ4v) is 5.87. The van der Waals surface area contributed by atoms with Crippen molar-refractivity contribution in [3.8, 4) is 0 Å². The monoisotopic (exact) mass is 284 g/mol. The van der Waals surface area contributed by atoms with Crippen LogP contribution in [0.1, 0.15) is 8.35 Å². The predicted octanol–water partition coefficient (Wildman–Crippen LogP) is -2.44. The van der Waals surface area contributed by atoms with Crippen molar-refractivity contribution in [2.45, 2.75) is 26.1 Å². The van der Waals surface area contributed by atoms with E-state index in [0.29, 0.717) is 6.04 Å². The van der Waals surface area contributed by atoms with Crippen LogP contribution < -0.4 is 18.9 Å². The van der Waals surface area contributed by atoms with Crippen LogP contribution >= 0.6 is 0 Å². The Hall–Kier alpha value is 0.634. The van der Waals surface area contributed by atoms with Gasteiger partial charge in [0.2, 0.25) is 8.32 Å². The maximum atomic E-state index is 11.3. The summed E-state index contributed by atoms with van der Waals surface area (Å²) in [6, 6.07) is 0.609. The second-order valence-corrected chi connectivity index (χ2v) is 11.7. The van der Waals surface area contributed by atoms with Gasteiger partial charge in [-0.1, -0.05) is 6.92 Å². The molecule has 1 N–H and O–H groups in total. The normalized spacial score (nSPS) is 13.2. The summed E-state index contributed by atoms with van der Waals surface area (Å²) >= 11 is 0. The van der Waals surface area contributed by atoms with E-state index in [-0.39, 0.29) is 20.3 Å². The molecule has 0 radical (unpaired) electrons. The quantitative estimate of drug-likeness (QED) is 0.430. The van der Waals surface area contributed by atoms with E-state index in [1.807, 2.05) is 6.92 Å². The van der Waals surface area contributed by atoms with Crippen molar-refractivity contribution >= 4 is 28.6 Å². The summed E-state index contributed by atoms with van der Waals surface area (Å²) < 4.78 is 56.6. The molecule has 0 saturated heterocycles. The van der Waals surface area contributed by atoms with Gasteiger partial charge in [-0.25, -0.2) is 8.42 Å². The van der Waals surface area contributed by atoms with E-state index in [0.717, 1.165) is 0 Å². The summed E-state index contributed by atoms with van der Waals surface area (Å²) in [6.07, 6.45) is 0. The van der Waals surface area contributed by atoms with Crippen LogP contribution in [0.4, 0.5) is 0 Å². The third kappa shape index (κ3) is 9.83. The summed E-state index contributed by atoms with van der Waals surface area (Å²) in [5.41, 5.74) is 0. The molecule has 0 aliphatic carbocycles. The summed E-state index contributed by atoms with van der Waals surface area (Å²) in [7, 11) is -10.4. The van der Waals surface area contributed by atoms with Crippen molar-refractivity contribution < 1.29 is 45.5 Å². The zero-order chi connectivity index (χ0) is 12.3. The second-order valence-electron chi connectivity index (χ2n) is 3.74. The minimum Gasteiger partial charge on any atom is -1.00 e. The van der Waals surface area contributed by atoms with Crippen molar-refractivity contribution in [3.05, 3.63) is 0 Å². The Morgan fingerprint density at radius 1 is 1.19 bits per heavy atom. The smallest absolute Gasteiger partial charge is 1.00 e. The molecule has 0 heterocycles. The Morgan fingerprint density at radius 2 is 1.62 bits per heavy atom. The molecule has 94 valence electrons. The molecule has 0 bridgehead atoms. The van der Waals surface area contributed by atoms with E-state index in [9.17, 15) is 16.8 Å². The maximum absolute atomic E-state index is 11.3. The van der Waals surface area contributed by atoms with E-state index in [1.54, 1.807) is 13.1 Å². The third-order valence-electron chi connectivity index (χ3n) is 1.80. The molecule has 0 amide bonds. The first-order valence-corrected chi connectivity index (χ1v) is 10.7. The molecule has 0 spiro atoms. The predicted molar refractivity (Wildman–Crippen MR) is 60.4 cm³/mol. The van der Waals surface area contributed by atoms with Gasteiger partial charge in [-0.05, 0) is 19.1 Å². The molecule has 6 nitrogen and oxygen atoms in total. The summed E-state index contributed by atoms with van der Waals surface area (Å²) in [5, 5.41) is 0. The average molecular weight is 284 g/mol. The van der Waals surface area contributed by atoms with Gasteiger partial charge in [0.05, 0.1) is 11.5 Å². The maximum Gasteiger partial charge on any atom is 1.00 e. The van der Waals surface area contributed by atoms with Crippen molar-refractivity contribution in [3.63, 3.8) is 0 Å². The summed E-state index contributed by atoms with van der Waals surface area (Å²) in [6.45, 7) is 5.25. The van der Waals surface area contributed by atoms with Crippen molar-refractivity contribution in [1.29, 1.82) is 0 Å². The van der Waals surface area contributed by atoms with Crippen LogP contribution in [0.15, 0.2) is 0 Å². The van der Waals surface area contributed by atoms with Crippen LogP contribution in [0.5, 0.6) is 0 Å². The van der Waals surface area contributed by atoms with Crippen molar-refractivity contribution in [2.75, 3.05) is 11.5 Å². The first-order chi connectivity index (χ1) is 6.47. The minimum atomic E-state index is -4.26. The Morgan fingerprint density at radius 3 is 1.94 bits per heavy atom. The van der Waals surface area contributed by atoms with Gasteiger partial charge < -0.3 is 5.30 Å². The molecule has 0 aromatic rings. The minimum absolute atomic E-state index is 0. The van der Waals surface area contributed by atoms with E-state index >= 15 is 0 Å². The van der Waals surface area contributed by atoms with Crippen LogP contribution in [-0.4, -0.2) is 41.2 Å². The standard InChI is InChI=1S/C6H16O6S2Si.Li.H/c1-4-15(2,3)12-14(10,11)6-5-13(7,8)9;;/h4-6H2,1-3H3,(H,7,8,9);;/q;+1;-1. The molecule has 0 fully saturated rings. The number of hydrogen-bond donors (Lipinski definition) is 1. The van der Waals surface area contributed by atoms with Crippen molar-refractivity contribution in [2.24, 2.45) is 0 Å². The van der Waals surface area contributed by atoms with E-state index < -0.39 is 40.1 Å². The fraction of sp³-hybridized carbons (Fsp3) is 1.00. The Bertz CT molecular complexity index is 406. The van der Waals surface area contributed by atoms with E-state index in [2.05, 4.69) is 0 Å². The zero-order valence-electron chi connectivity index (χ0n) is 10.9. The molecular weight excluding hydrogens is 267 g/mol. The van der Waals surface area contributed by atoms with Crippen LogP contribution in [0.2, 0.25) is 19.1 Å². The van der Waals surface area contributed by atoms with Crippen molar-refractivity contribution in [1.82, 2.24) is 0 Å². The molecule has 0 atom stereocenters. The molecule has 0 saturated carbocycles. The number of rotatable bonds is 6. The number of hydrogen-bond acceptors (Lipinski definition) is 5. The Labute approximate surface area is 111 Å². The largest absolute Gasteiger partial charge is 1.00 e. The van der Waals surface area contributed by atoms with Gasteiger partial charge in [0, 0.05) is 0 Å². The summed E-state index contributed by atoms with van der Waals surface area (Å²) in [5.74, 6) is -1.54.